The monoisotopic (exact) mass is 727 g/mol. The summed E-state index contributed by atoms with van der Waals surface area (Å²) in [5.74, 6) is -0.870. The van der Waals surface area contributed by atoms with Crippen LogP contribution in [0.2, 0.25) is 10.0 Å². The second-order valence-corrected chi connectivity index (χ2v) is 14.0. The summed E-state index contributed by atoms with van der Waals surface area (Å²) in [7, 11) is -4.12. The van der Waals surface area contributed by atoms with Crippen LogP contribution >= 0.6 is 45.8 Å². The molecule has 1 N–H and O–H groups in total. The van der Waals surface area contributed by atoms with Crippen LogP contribution < -0.4 is 9.62 Å². The van der Waals surface area contributed by atoms with Crippen LogP contribution in [0.25, 0.3) is 0 Å². The van der Waals surface area contributed by atoms with Crippen LogP contribution in [-0.4, -0.2) is 43.8 Å². The molecule has 2 amide bonds. The summed E-state index contributed by atoms with van der Waals surface area (Å²) in [5, 5.41) is 3.78. The van der Waals surface area contributed by atoms with Crippen LogP contribution in [0, 0.1) is 3.57 Å². The van der Waals surface area contributed by atoms with Crippen molar-refractivity contribution < 1.29 is 18.0 Å². The summed E-state index contributed by atoms with van der Waals surface area (Å²) in [5.41, 5.74) is 0.811. The van der Waals surface area contributed by atoms with Crippen molar-refractivity contribution >= 4 is 73.3 Å². The molecule has 1 saturated carbocycles. The lowest BCUT2D eigenvalue weighted by Gasteiger charge is -2.33. The maximum atomic E-state index is 14.1. The molecule has 0 unspecified atom stereocenters. The van der Waals surface area contributed by atoms with Crippen molar-refractivity contribution in [3.05, 3.63) is 92.0 Å². The number of nitrogens with zero attached hydrogens (tertiary/aromatic N) is 2. The minimum atomic E-state index is -4.12. The van der Waals surface area contributed by atoms with Gasteiger partial charge in [0.2, 0.25) is 11.8 Å². The van der Waals surface area contributed by atoms with E-state index in [-0.39, 0.29) is 23.4 Å². The van der Waals surface area contributed by atoms with Crippen molar-refractivity contribution in [3.8, 4) is 0 Å². The Bertz CT molecular complexity index is 1450. The van der Waals surface area contributed by atoms with E-state index in [4.69, 9.17) is 23.2 Å². The molecule has 4 rings (SSSR count). The van der Waals surface area contributed by atoms with Crippen molar-refractivity contribution in [2.75, 3.05) is 10.8 Å². The van der Waals surface area contributed by atoms with Crippen LogP contribution in [0.3, 0.4) is 0 Å². The summed E-state index contributed by atoms with van der Waals surface area (Å²) in [4.78, 5) is 28.9. The van der Waals surface area contributed by atoms with E-state index in [0.717, 1.165) is 40.0 Å². The van der Waals surface area contributed by atoms with Crippen molar-refractivity contribution in [1.29, 1.82) is 0 Å². The van der Waals surface area contributed by atoms with Gasteiger partial charge in [-0.2, -0.15) is 0 Å². The van der Waals surface area contributed by atoms with Gasteiger partial charge in [0.25, 0.3) is 10.0 Å². The molecule has 0 spiro atoms. The highest BCUT2D eigenvalue weighted by molar-refractivity contribution is 14.1. The van der Waals surface area contributed by atoms with Gasteiger partial charge in [0.15, 0.2) is 0 Å². The van der Waals surface area contributed by atoms with Gasteiger partial charge in [-0.3, -0.25) is 13.9 Å². The number of halogens is 3. The molecule has 218 valence electrons. The molecule has 1 aliphatic rings. The minimum Gasteiger partial charge on any atom is -0.352 e. The van der Waals surface area contributed by atoms with E-state index in [9.17, 15) is 18.0 Å². The highest BCUT2D eigenvalue weighted by Gasteiger charge is 2.33. The molecule has 0 aliphatic heterocycles. The molecule has 0 bridgehead atoms. The van der Waals surface area contributed by atoms with Gasteiger partial charge < -0.3 is 10.2 Å². The van der Waals surface area contributed by atoms with E-state index in [1.807, 2.05) is 0 Å². The van der Waals surface area contributed by atoms with E-state index in [0.29, 0.717) is 21.3 Å². The zero-order valence-corrected chi connectivity index (χ0v) is 27.1. The lowest BCUT2D eigenvalue weighted by molar-refractivity contribution is -0.139. The van der Waals surface area contributed by atoms with Crippen LogP contribution in [-0.2, 0) is 26.2 Å². The fourth-order valence-electron chi connectivity index (χ4n) is 4.86. The number of hydrogen-bond donors (Lipinski definition) is 1. The van der Waals surface area contributed by atoms with Crippen LogP contribution in [0.1, 0.15) is 44.6 Å². The maximum Gasteiger partial charge on any atom is 0.264 e. The van der Waals surface area contributed by atoms with E-state index in [1.165, 1.54) is 17.0 Å². The minimum absolute atomic E-state index is 0.0429. The first-order chi connectivity index (χ1) is 19.6. The number of rotatable bonds is 10. The molecule has 0 saturated heterocycles. The lowest BCUT2D eigenvalue weighted by atomic mass is 9.95. The van der Waals surface area contributed by atoms with Crippen LogP contribution in [0.15, 0.2) is 77.7 Å². The number of amides is 2. The number of sulfonamides is 1. The molecule has 11 heteroatoms. The molecule has 3 aromatic rings. The van der Waals surface area contributed by atoms with Gasteiger partial charge in [0.1, 0.15) is 12.6 Å². The van der Waals surface area contributed by atoms with Gasteiger partial charge in [-0.05, 0) is 90.9 Å². The molecule has 1 atom stereocenters. The Morgan fingerprint density at radius 3 is 2.15 bits per heavy atom. The smallest absolute Gasteiger partial charge is 0.264 e. The molecular formula is C30H32Cl2IN3O4S. The van der Waals surface area contributed by atoms with Crippen LogP contribution in [0.5, 0.6) is 0 Å². The third-order valence-corrected chi connectivity index (χ3v) is 10.4. The first-order valence-electron chi connectivity index (χ1n) is 13.4. The van der Waals surface area contributed by atoms with Gasteiger partial charge in [-0.15, -0.1) is 0 Å². The van der Waals surface area contributed by atoms with Crippen molar-refractivity contribution in [1.82, 2.24) is 10.2 Å². The highest BCUT2D eigenvalue weighted by Crippen LogP contribution is 2.29. The van der Waals surface area contributed by atoms with Crippen molar-refractivity contribution in [2.24, 2.45) is 0 Å². The van der Waals surface area contributed by atoms with E-state index in [1.54, 1.807) is 67.6 Å². The molecule has 0 radical (unpaired) electrons. The normalized spacial score (nSPS) is 14.7. The summed E-state index contributed by atoms with van der Waals surface area (Å²) in [6.45, 7) is 1.05. The molecule has 1 aliphatic carbocycles. The standard InChI is InChI=1S/C30H32Cl2IN3O4S/c1-21(30(38)34-23-9-4-2-5-10-23)35(19-26-27(31)13-8-14-28(26)32)29(37)20-36(24-17-15-22(33)16-18-24)41(39,40)25-11-6-3-7-12-25/h3,6-8,11-18,21,23H,2,4-5,9-10,19-20H2,1H3,(H,34,38)/t21-/m0/s1. The van der Waals surface area contributed by atoms with E-state index in [2.05, 4.69) is 27.9 Å². The first kappa shape index (κ1) is 31.6. The average molecular weight is 728 g/mol. The molecule has 3 aromatic carbocycles. The third kappa shape index (κ3) is 7.94. The molecular weight excluding hydrogens is 696 g/mol. The highest BCUT2D eigenvalue weighted by atomic mass is 127. The summed E-state index contributed by atoms with van der Waals surface area (Å²) in [6.07, 6.45) is 5.00. The summed E-state index contributed by atoms with van der Waals surface area (Å²) >= 11 is 15.0. The molecule has 41 heavy (non-hydrogen) atoms. The number of anilines is 1. The molecule has 0 heterocycles. The number of hydrogen-bond acceptors (Lipinski definition) is 4. The molecule has 0 aromatic heterocycles. The summed E-state index contributed by atoms with van der Waals surface area (Å²) in [6, 6.07) is 19.0. The first-order valence-corrected chi connectivity index (χ1v) is 16.7. The molecule has 1 fully saturated rings. The second-order valence-electron chi connectivity index (χ2n) is 10.0. The number of nitrogens with one attached hydrogen (secondary N) is 1. The Morgan fingerprint density at radius 1 is 0.927 bits per heavy atom. The maximum absolute atomic E-state index is 14.1. The quantitative estimate of drug-likeness (QED) is 0.237. The Labute approximate surface area is 265 Å². The molecule has 7 nitrogen and oxygen atoms in total. The fourth-order valence-corrected chi connectivity index (χ4v) is 7.17. The number of benzene rings is 3. The van der Waals surface area contributed by atoms with Crippen LogP contribution in [0.4, 0.5) is 5.69 Å². The zero-order valence-electron chi connectivity index (χ0n) is 22.6. The predicted molar refractivity (Wildman–Crippen MR) is 172 cm³/mol. The second kappa shape index (κ2) is 14.2. The van der Waals surface area contributed by atoms with E-state index < -0.39 is 28.5 Å². The lowest BCUT2D eigenvalue weighted by Crippen LogP contribution is -2.53. The number of carbonyl (C=O) groups excluding carboxylic acids is 2. The van der Waals surface area contributed by atoms with Gasteiger partial charge in [0, 0.05) is 31.8 Å². The SMILES string of the molecule is C[C@@H](C(=O)NC1CCCCC1)N(Cc1c(Cl)cccc1Cl)C(=O)CN(c1ccc(I)cc1)S(=O)(=O)c1ccccc1. The Balaban J connectivity index is 1.69. The fraction of sp³-hybridized carbons (Fsp3) is 0.333. The van der Waals surface area contributed by atoms with Crippen molar-refractivity contribution in [2.45, 2.75) is 62.6 Å². The summed E-state index contributed by atoms with van der Waals surface area (Å²) < 4.78 is 29.7. The Morgan fingerprint density at radius 2 is 1.54 bits per heavy atom. The average Bonchev–Trinajstić information content (AvgIpc) is 2.97. The van der Waals surface area contributed by atoms with Crippen molar-refractivity contribution in [3.63, 3.8) is 0 Å². The Kier molecular flexibility index (Phi) is 11.0. The van der Waals surface area contributed by atoms with E-state index >= 15 is 0 Å². The van der Waals surface area contributed by atoms with Gasteiger partial charge in [-0.1, -0.05) is 66.7 Å². The topological polar surface area (TPSA) is 86.8 Å². The van der Waals surface area contributed by atoms with Gasteiger partial charge >= 0.3 is 0 Å². The van der Waals surface area contributed by atoms with Gasteiger partial charge in [0.05, 0.1) is 10.6 Å². The predicted octanol–water partition coefficient (Wildman–Crippen LogP) is 6.66. The zero-order chi connectivity index (χ0) is 29.6. The largest absolute Gasteiger partial charge is 0.352 e. The Hall–Kier alpha value is -2.34. The third-order valence-electron chi connectivity index (χ3n) is 7.23. The van der Waals surface area contributed by atoms with Gasteiger partial charge in [-0.25, -0.2) is 8.42 Å². The number of carbonyl (C=O) groups is 2.